The van der Waals surface area contributed by atoms with E-state index in [-0.39, 0.29) is 33.2 Å². The number of benzene rings is 1. The number of fused-ring (bicyclic) bond motifs is 7. The van der Waals surface area contributed by atoms with Crippen LogP contribution in [-0.2, 0) is 0 Å². The summed E-state index contributed by atoms with van der Waals surface area (Å²) in [7, 11) is -2.39. The van der Waals surface area contributed by atoms with E-state index in [1.807, 2.05) is 12.1 Å². The number of urea groups is 1. The van der Waals surface area contributed by atoms with Crippen molar-refractivity contribution in [3.63, 3.8) is 0 Å². The number of amides is 2. The van der Waals surface area contributed by atoms with E-state index in [2.05, 4.69) is 69.7 Å². The second kappa shape index (κ2) is 13.7. The van der Waals surface area contributed by atoms with Crippen LogP contribution in [-0.4, -0.2) is 74.3 Å². The zero-order chi connectivity index (χ0) is 38.2. The Morgan fingerprint density at radius 3 is 2.26 bits per heavy atom. The van der Waals surface area contributed by atoms with Crippen LogP contribution in [0, 0.1) is 51.2 Å². The zero-order valence-electron chi connectivity index (χ0n) is 33.3. The molecule has 294 valence electrons. The van der Waals surface area contributed by atoms with Gasteiger partial charge in [0.2, 0.25) is 0 Å². The molecule has 5 aliphatic carbocycles. The first kappa shape index (κ1) is 38.9. The van der Waals surface area contributed by atoms with E-state index in [0.717, 1.165) is 50.6 Å². The van der Waals surface area contributed by atoms with E-state index >= 15 is 0 Å². The molecule has 6 aliphatic rings. The fourth-order valence-corrected chi connectivity index (χ4v) is 15.3. The average molecular weight is 750 g/mol. The third-order valence-corrected chi connectivity index (χ3v) is 18.5. The molecule has 9 heteroatoms. The monoisotopic (exact) mass is 749 g/mol. The molecule has 9 atom stereocenters. The van der Waals surface area contributed by atoms with Crippen molar-refractivity contribution in [2.45, 2.75) is 111 Å². The number of nitrogens with zero attached hydrogens (tertiary/aromatic N) is 1. The number of hydrogen-bond acceptors (Lipinski definition) is 5. The standard InChI is InChI=1S/C44H67N3O5S/c1-29(2)32-15-20-44(46-39(50)45-23-8-24-47-25-27-53(51,52)28-26-47)22-21-42(6)34(37(32)44)13-14-36-41(5)18-16-33(30-9-11-31(12-10-30)38(48)49)40(3,4)35(41)17-19-43(36,42)7/h9-12,16,32,34-37,51-52H,1,8,13-15,17-28H2,2-7H3,(H,48,49)(H2,45,46,50)/t32-,34+,35-,36+,37+,41-,42+,43+,44-/m0/s1. The van der Waals surface area contributed by atoms with Gasteiger partial charge in [-0.1, -0.05) is 65.0 Å². The Kier molecular flexibility index (Phi) is 10.1. The topological polar surface area (TPSA) is 122 Å². The van der Waals surface area contributed by atoms with Crippen molar-refractivity contribution in [3.05, 3.63) is 53.6 Å². The van der Waals surface area contributed by atoms with Crippen molar-refractivity contribution >= 4 is 28.2 Å². The predicted molar refractivity (Wildman–Crippen MR) is 216 cm³/mol. The molecule has 0 bridgehead atoms. The molecule has 0 aromatic heterocycles. The van der Waals surface area contributed by atoms with Crippen molar-refractivity contribution < 1.29 is 23.8 Å². The van der Waals surface area contributed by atoms with Gasteiger partial charge in [-0.3, -0.25) is 9.11 Å². The van der Waals surface area contributed by atoms with Gasteiger partial charge in [0.05, 0.1) is 17.1 Å². The first-order valence-electron chi connectivity index (χ1n) is 20.6. The molecule has 53 heavy (non-hydrogen) atoms. The van der Waals surface area contributed by atoms with Crippen molar-refractivity contribution in [1.82, 2.24) is 15.5 Å². The number of nitrogens with one attached hydrogen (secondary N) is 2. The maximum absolute atomic E-state index is 13.7. The summed E-state index contributed by atoms with van der Waals surface area (Å²) in [6, 6.07) is 7.49. The fourth-order valence-electron chi connectivity index (χ4n) is 14.0. The van der Waals surface area contributed by atoms with Gasteiger partial charge in [-0.15, -0.1) is 0 Å². The maximum atomic E-state index is 13.7. The van der Waals surface area contributed by atoms with E-state index < -0.39 is 16.6 Å². The number of rotatable bonds is 8. The minimum absolute atomic E-state index is 0.0220. The van der Waals surface area contributed by atoms with Crippen LogP contribution in [0.2, 0.25) is 0 Å². The number of carboxylic acid groups (broad SMARTS) is 1. The lowest BCUT2D eigenvalue weighted by molar-refractivity contribution is -0.218. The molecule has 1 heterocycles. The molecule has 1 aromatic rings. The van der Waals surface area contributed by atoms with Gasteiger partial charge in [0, 0.05) is 25.2 Å². The molecule has 1 aliphatic heterocycles. The Morgan fingerprint density at radius 2 is 1.60 bits per heavy atom. The third kappa shape index (κ3) is 6.41. The summed E-state index contributed by atoms with van der Waals surface area (Å²) < 4.78 is 19.9. The Bertz CT molecular complexity index is 1630. The lowest BCUT2D eigenvalue weighted by Crippen LogP contribution is -2.68. The van der Waals surface area contributed by atoms with E-state index in [1.54, 1.807) is 12.1 Å². The van der Waals surface area contributed by atoms with E-state index in [0.29, 0.717) is 66.3 Å². The second-order valence-corrected chi connectivity index (χ2v) is 22.0. The van der Waals surface area contributed by atoms with Crippen molar-refractivity contribution in [2.75, 3.05) is 37.7 Å². The highest BCUT2D eigenvalue weighted by molar-refractivity contribution is 8.24. The van der Waals surface area contributed by atoms with Crippen LogP contribution in [0.25, 0.3) is 5.57 Å². The van der Waals surface area contributed by atoms with Crippen LogP contribution in [0.1, 0.15) is 122 Å². The molecule has 7 rings (SSSR count). The number of aromatic carboxylic acids is 1. The molecule has 1 saturated heterocycles. The minimum atomic E-state index is -2.39. The molecule has 0 unspecified atom stereocenters. The third-order valence-electron chi connectivity index (χ3n) is 16.9. The first-order valence-corrected chi connectivity index (χ1v) is 22.5. The Balaban J connectivity index is 1.08. The quantitative estimate of drug-likeness (QED) is 0.133. The van der Waals surface area contributed by atoms with Crippen LogP contribution in [0.5, 0.6) is 0 Å². The largest absolute Gasteiger partial charge is 0.478 e. The van der Waals surface area contributed by atoms with Gasteiger partial charge in [-0.05, 0) is 152 Å². The van der Waals surface area contributed by atoms with Gasteiger partial charge >= 0.3 is 12.0 Å². The van der Waals surface area contributed by atoms with Gasteiger partial charge in [0.1, 0.15) is 0 Å². The highest BCUT2D eigenvalue weighted by Gasteiger charge is 2.70. The minimum Gasteiger partial charge on any atom is -0.478 e. The number of carbonyl (C=O) groups excluding carboxylic acids is 1. The second-order valence-electron chi connectivity index (χ2n) is 19.6. The summed E-state index contributed by atoms with van der Waals surface area (Å²) in [6.07, 6.45) is 13.5. The van der Waals surface area contributed by atoms with E-state index in [4.69, 9.17) is 0 Å². The van der Waals surface area contributed by atoms with Crippen molar-refractivity contribution in [3.8, 4) is 0 Å². The molecule has 5 N–H and O–H groups in total. The average Bonchev–Trinajstić information content (AvgIpc) is 3.47. The van der Waals surface area contributed by atoms with E-state index in [1.165, 1.54) is 36.8 Å². The highest BCUT2D eigenvalue weighted by Crippen LogP contribution is 2.76. The van der Waals surface area contributed by atoms with Crippen LogP contribution < -0.4 is 10.6 Å². The van der Waals surface area contributed by atoms with Gasteiger partial charge in [-0.2, -0.15) is 10.6 Å². The summed E-state index contributed by atoms with van der Waals surface area (Å²) in [5.74, 6) is 2.53. The smallest absolute Gasteiger partial charge is 0.335 e. The SMILES string of the molecule is C=C(C)[C@@H]1CC[C@]2(NC(=O)NCCCN3CCS(O)(O)CC3)CC[C@]3(C)[C@H](CC[C@@H]4[C@@]5(C)CC=C(c6ccc(C(=O)O)cc6)C(C)(C)[C@@H]5CC[C@]43C)[C@@H]12. The Labute approximate surface area is 320 Å². The summed E-state index contributed by atoms with van der Waals surface area (Å²) in [5, 5.41) is 16.4. The van der Waals surface area contributed by atoms with Crippen LogP contribution >= 0.6 is 10.6 Å². The van der Waals surface area contributed by atoms with Gasteiger partial charge < -0.3 is 20.6 Å². The molecule has 4 saturated carbocycles. The molecular formula is C44H67N3O5S. The molecule has 1 aromatic carbocycles. The number of allylic oxidation sites excluding steroid dienone is 3. The molecular weight excluding hydrogens is 683 g/mol. The Hall–Kier alpha value is -2.33. The summed E-state index contributed by atoms with van der Waals surface area (Å²) in [6.45, 7) is 22.4. The highest BCUT2D eigenvalue weighted by atomic mass is 32.3. The van der Waals surface area contributed by atoms with Crippen molar-refractivity contribution in [1.29, 1.82) is 0 Å². The molecule has 8 nitrogen and oxygen atoms in total. The summed E-state index contributed by atoms with van der Waals surface area (Å²) in [4.78, 5) is 27.5. The summed E-state index contributed by atoms with van der Waals surface area (Å²) >= 11 is 0. The predicted octanol–water partition coefficient (Wildman–Crippen LogP) is 9.54. The molecule has 0 radical (unpaired) electrons. The van der Waals surface area contributed by atoms with E-state index in [9.17, 15) is 23.8 Å². The lowest BCUT2D eigenvalue weighted by Gasteiger charge is -2.72. The molecule has 0 spiro atoms. The molecule has 5 fully saturated rings. The molecule has 2 amide bonds. The van der Waals surface area contributed by atoms with Gasteiger partial charge in [-0.25, -0.2) is 9.59 Å². The van der Waals surface area contributed by atoms with Crippen LogP contribution in [0.15, 0.2) is 42.5 Å². The Morgan fingerprint density at radius 1 is 0.906 bits per heavy atom. The summed E-state index contributed by atoms with van der Waals surface area (Å²) in [5.41, 5.74) is 4.46. The number of carboxylic acids is 1. The number of hydrogen-bond donors (Lipinski definition) is 5. The normalized spacial score (nSPS) is 40.7. The van der Waals surface area contributed by atoms with Crippen LogP contribution in [0.3, 0.4) is 0 Å². The van der Waals surface area contributed by atoms with Gasteiger partial charge in [0.25, 0.3) is 0 Å². The van der Waals surface area contributed by atoms with Gasteiger partial charge in [0.15, 0.2) is 0 Å². The van der Waals surface area contributed by atoms with Crippen LogP contribution in [0.4, 0.5) is 4.79 Å². The first-order chi connectivity index (χ1) is 24.9. The maximum Gasteiger partial charge on any atom is 0.335 e. The number of carbonyl (C=O) groups is 2. The zero-order valence-corrected chi connectivity index (χ0v) is 34.1. The van der Waals surface area contributed by atoms with Crippen molar-refractivity contribution in [2.24, 2.45) is 51.2 Å². The lowest BCUT2D eigenvalue weighted by atomic mass is 9.33. The fraction of sp³-hybridized carbons (Fsp3) is 0.727.